The van der Waals surface area contributed by atoms with Crippen LogP contribution in [0.15, 0.2) is 6.07 Å². The quantitative estimate of drug-likeness (QED) is 0.758. The molecule has 1 aromatic heterocycles. The monoisotopic (exact) mass is 254 g/mol. The highest BCUT2D eigenvalue weighted by molar-refractivity contribution is 7.22. The van der Waals surface area contributed by atoms with Gasteiger partial charge in [0.15, 0.2) is 0 Å². The van der Waals surface area contributed by atoms with E-state index in [9.17, 15) is 0 Å². The van der Waals surface area contributed by atoms with Gasteiger partial charge in [0.2, 0.25) is 0 Å². The third-order valence-electron chi connectivity index (χ3n) is 3.60. The molecule has 0 atom stereocenters. The van der Waals surface area contributed by atoms with Crippen molar-refractivity contribution in [1.82, 2.24) is 0 Å². The van der Waals surface area contributed by atoms with Gasteiger partial charge in [0, 0.05) is 9.65 Å². The van der Waals surface area contributed by atoms with E-state index in [0.29, 0.717) is 0 Å². The molecule has 0 amide bonds. The lowest BCUT2D eigenvalue weighted by molar-refractivity contribution is 0.00578. The number of hydrogen-bond acceptors (Lipinski definition) is 4. The van der Waals surface area contributed by atoms with Gasteiger partial charge in [-0.1, -0.05) is 0 Å². The zero-order valence-electron chi connectivity index (χ0n) is 11.3. The summed E-state index contributed by atoms with van der Waals surface area (Å²) in [5.41, 5.74) is -0.578. The van der Waals surface area contributed by atoms with Crippen molar-refractivity contribution < 1.29 is 14.0 Å². The van der Waals surface area contributed by atoms with Gasteiger partial charge in [0.1, 0.15) is 5.75 Å². The average molecular weight is 254 g/mol. The smallest absolute Gasteiger partial charge is 0.496 e. The Morgan fingerprint density at radius 3 is 2.12 bits per heavy atom. The van der Waals surface area contributed by atoms with Crippen LogP contribution in [0.1, 0.15) is 32.6 Å². The molecular formula is C12H19BO3S. The summed E-state index contributed by atoms with van der Waals surface area (Å²) < 4.78 is 18.3. The number of ether oxygens (including phenoxy) is 1. The Hall–Kier alpha value is -0.515. The molecule has 0 saturated carbocycles. The minimum absolute atomic E-state index is 0.285. The second-order valence-electron chi connectivity index (χ2n) is 5.36. The molecule has 5 heteroatoms. The second-order valence-corrected chi connectivity index (χ2v) is 6.65. The highest BCUT2D eigenvalue weighted by atomic mass is 32.1. The molecule has 0 radical (unpaired) electrons. The molecule has 0 unspecified atom stereocenters. The summed E-state index contributed by atoms with van der Waals surface area (Å²) in [6.45, 7) is 10.3. The second kappa shape index (κ2) is 4.00. The molecule has 0 aromatic carbocycles. The Bertz CT molecular complexity index is 409. The van der Waals surface area contributed by atoms with Crippen LogP contribution in [0, 0.1) is 6.92 Å². The van der Waals surface area contributed by atoms with Crippen molar-refractivity contribution in [3.63, 3.8) is 0 Å². The first-order chi connectivity index (χ1) is 7.77. The number of methoxy groups -OCH3 is 1. The van der Waals surface area contributed by atoms with Crippen LogP contribution in [0.2, 0.25) is 0 Å². The Labute approximate surface area is 107 Å². The van der Waals surface area contributed by atoms with Crippen LogP contribution in [0.4, 0.5) is 0 Å². The van der Waals surface area contributed by atoms with Gasteiger partial charge >= 0.3 is 7.12 Å². The van der Waals surface area contributed by atoms with Gasteiger partial charge < -0.3 is 14.0 Å². The lowest BCUT2D eigenvalue weighted by Crippen LogP contribution is -2.41. The van der Waals surface area contributed by atoms with Crippen LogP contribution in [0.5, 0.6) is 5.75 Å². The lowest BCUT2D eigenvalue weighted by atomic mass is 9.88. The Kier molecular flexibility index (Phi) is 3.05. The van der Waals surface area contributed by atoms with Crippen molar-refractivity contribution in [3.05, 3.63) is 10.9 Å². The zero-order chi connectivity index (χ0) is 12.8. The Balaban J connectivity index is 2.26. The summed E-state index contributed by atoms with van der Waals surface area (Å²) in [7, 11) is 1.40. The molecule has 0 spiro atoms. The molecule has 1 fully saturated rings. The van der Waals surface area contributed by atoms with E-state index in [0.717, 1.165) is 15.4 Å². The first-order valence-electron chi connectivity index (χ1n) is 5.77. The molecule has 0 N–H and O–H groups in total. The molecule has 1 aliphatic rings. The van der Waals surface area contributed by atoms with E-state index >= 15 is 0 Å². The summed E-state index contributed by atoms with van der Waals surface area (Å²) in [4.78, 5) is 1.15. The van der Waals surface area contributed by atoms with Gasteiger partial charge in [0.05, 0.1) is 18.3 Å². The fourth-order valence-electron chi connectivity index (χ4n) is 1.77. The van der Waals surface area contributed by atoms with Gasteiger partial charge in [-0.3, -0.25) is 0 Å². The van der Waals surface area contributed by atoms with E-state index in [1.165, 1.54) is 0 Å². The molecule has 2 rings (SSSR count). The van der Waals surface area contributed by atoms with Gasteiger partial charge in [-0.25, -0.2) is 0 Å². The highest BCUT2D eigenvalue weighted by Crippen LogP contribution is 2.37. The number of rotatable bonds is 2. The van der Waals surface area contributed by atoms with Gasteiger partial charge in [-0.2, -0.15) is 0 Å². The first kappa shape index (κ1) is 12.9. The summed E-state index contributed by atoms with van der Waals surface area (Å²) in [6.07, 6.45) is 0. The van der Waals surface area contributed by atoms with Crippen molar-refractivity contribution in [3.8, 4) is 5.75 Å². The molecule has 0 bridgehead atoms. The van der Waals surface area contributed by atoms with E-state index in [4.69, 9.17) is 14.0 Å². The van der Waals surface area contributed by atoms with Crippen LogP contribution in [-0.4, -0.2) is 25.4 Å². The Morgan fingerprint density at radius 1 is 1.18 bits per heavy atom. The molecule has 2 heterocycles. The van der Waals surface area contributed by atoms with E-state index in [2.05, 4.69) is 27.7 Å². The average Bonchev–Trinajstić information content (AvgIpc) is 2.66. The van der Waals surface area contributed by atoms with E-state index in [-0.39, 0.29) is 18.3 Å². The van der Waals surface area contributed by atoms with Crippen LogP contribution >= 0.6 is 11.3 Å². The predicted octanol–water partition coefficient (Wildman–Crippen LogP) is 2.36. The minimum atomic E-state index is -0.289. The fourth-order valence-corrected chi connectivity index (χ4v) is 2.72. The van der Waals surface area contributed by atoms with Crippen LogP contribution < -0.4 is 9.51 Å². The summed E-state index contributed by atoms with van der Waals surface area (Å²) >= 11 is 1.66. The summed E-state index contributed by atoms with van der Waals surface area (Å²) in [5, 5.41) is 0. The van der Waals surface area contributed by atoms with E-state index in [1.54, 1.807) is 18.4 Å². The predicted molar refractivity (Wildman–Crippen MR) is 71.3 cm³/mol. The Morgan fingerprint density at radius 2 is 1.71 bits per heavy atom. The zero-order valence-corrected chi connectivity index (χ0v) is 12.1. The van der Waals surface area contributed by atoms with Crippen LogP contribution in [-0.2, 0) is 9.31 Å². The first-order valence-corrected chi connectivity index (χ1v) is 6.58. The van der Waals surface area contributed by atoms with E-state index in [1.807, 2.05) is 13.0 Å². The maximum absolute atomic E-state index is 6.00. The van der Waals surface area contributed by atoms with Crippen LogP contribution in [0.25, 0.3) is 0 Å². The molecule has 94 valence electrons. The largest absolute Gasteiger partial charge is 0.505 e. The lowest BCUT2D eigenvalue weighted by Gasteiger charge is -2.32. The number of hydrogen-bond donors (Lipinski definition) is 0. The molecule has 17 heavy (non-hydrogen) atoms. The standard InChI is InChI=1S/C12H19BO3S/c1-8-9(14-6)7-10(17-8)13-15-11(2,3)12(4,5)16-13/h7H,1-6H3. The summed E-state index contributed by atoms with van der Waals surface area (Å²) in [6, 6.07) is 2.00. The maximum Gasteiger partial charge on any atom is 0.505 e. The van der Waals surface area contributed by atoms with Crippen molar-refractivity contribution in [2.75, 3.05) is 7.11 Å². The minimum Gasteiger partial charge on any atom is -0.496 e. The molecule has 3 nitrogen and oxygen atoms in total. The molecular weight excluding hydrogens is 235 g/mol. The van der Waals surface area contributed by atoms with Crippen molar-refractivity contribution in [1.29, 1.82) is 0 Å². The normalized spacial score (nSPS) is 21.9. The van der Waals surface area contributed by atoms with Crippen molar-refractivity contribution in [2.24, 2.45) is 0 Å². The van der Waals surface area contributed by atoms with Gasteiger partial charge in [-0.15, -0.1) is 11.3 Å². The molecule has 1 saturated heterocycles. The summed E-state index contributed by atoms with van der Waals surface area (Å²) in [5.74, 6) is 0.903. The topological polar surface area (TPSA) is 27.7 Å². The van der Waals surface area contributed by atoms with Gasteiger partial charge in [-0.05, 0) is 40.7 Å². The van der Waals surface area contributed by atoms with Crippen LogP contribution in [0.3, 0.4) is 0 Å². The number of thiophene rings is 1. The molecule has 1 aliphatic heterocycles. The molecule has 0 aliphatic carbocycles. The molecule has 1 aromatic rings. The maximum atomic E-state index is 6.00. The van der Waals surface area contributed by atoms with E-state index < -0.39 is 0 Å². The number of aryl methyl sites for hydroxylation is 1. The van der Waals surface area contributed by atoms with Gasteiger partial charge in [0.25, 0.3) is 0 Å². The highest BCUT2D eigenvalue weighted by Gasteiger charge is 2.52. The van der Waals surface area contributed by atoms with Crippen molar-refractivity contribution >= 4 is 23.2 Å². The fraction of sp³-hybridized carbons (Fsp3) is 0.667. The third kappa shape index (κ3) is 2.12. The van der Waals surface area contributed by atoms with Crippen molar-refractivity contribution in [2.45, 2.75) is 45.8 Å². The SMILES string of the molecule is COc1cc(B2OC(C)(C)C(C)(C)O2)sc1C. The third-order valence-corrected chi connectivity index (χ3v) is 4.65.